The van der Waals surface area contributed by atoms with E-state index in [4.69, 9.17) is 4.74 Å². The van der Waals surface area contributed by atoms with Crippen molar-refractivity contribution in [3.05, 3.63) is 42.4 Å². The van der Waals surface area contributed by atoms with Crippen LogP contribution in [0, 0.1) is 0 Å². The van der Waals surface area contributed by atoms with E-state index in [9.17, 15) is 4.79 Å². The van der Waals surface area contributed by atoms with Crippen molar-refractivity contribution in [3.8, 4) is 5.82 Å². The average molecular weight is 345 g/mol. The van der Waals surface area contributed by atoms with Crippen LogP contribution in [0.4, 0.5) is 0 Å². The van der Waals surface area contributed by atoms with Crippen LogP contribution in [-0.4, -0.2) is 46.5 Å². The lowest BCUT2D eigenvalue weighted by Crippen LogP contribution is -2.53. The number of hydrogen-bond donors (Lipinski definition) is 2. The quantitative estimate of drug-likeness (QED) is 0.862. The van der Waals surface area contributed by atoms with Crippen LogP contribution in [0.3, 0.4) is 0 Å². The van der Waals surface area contributed by atoms with Crippen molar-refractivity contribution in [1.29, 1.82) is 0 Å². The van der Waals surface area contributed by atoms with Crippen molar-refractivity contribution in [2.45, 2.75) is 38.8 Å². The van der Waals surface area contributed by atoms with E-state index in [2.05, 4.69) is 20.7 Å². The summed E-state index contributed by atoms with van der Waals surface area (Å²) < 4.78 is 7.21. The van der Waals surface area contributed by atoms with E-state index in [-0.39, 0.29) is 5.91 Å². The molecule has 7 nitrogen and oxygen atoms in total. The summed E-state index contributed by atoms with van der Waals surface area (Å²) in [5, 5.41) is 10.3. The van der Waals surface area contributed by atoms with Gasteiger partial charge in [-0.3, -0.25) is 4.79 Å². The first-order valence-corrected chi connectivity index (χ1v) is 8.73. The molecule has 2 N–H and O–H groups in total. The lowest BCUT2D eigenvalue weighted by molar-refractivity contribution is -0.146. The normalized spacial score (nSPS) is 15.8. The Bertz CT molecular complexity index is 634. The van der Waals surface area contributed by atoms with Gasteiger partial charge in [0, 0.05) is 32.2 Å². The van der Waals surface area contributed by atoms with Crippen LogP contribution in [0.1, 0.15) is 32.3 Å². The molecule has 0 unspecified atom stereocenters. The highest BCUT2D eigenvalue weighted by Gasteiger charge is 2.39. The molecule has 1 aliphatic heterocycles. The van der Waals surface area contributed by atoms with Crippen LogP contribution >= 0.6 is 0 Å². The highest BCUT2D eigenvalue weighted by Crippen LogP contribution is 2.22. The number of nitrogens with zero attached hydrogens (tertiary/aromatic N) is 3. The largest absolute Gasteiger partial charge is 0.368 e. The molecule has 1 amide bonds. The molecule has 1 fully saturated rings. The first-order chi connectivity index (χ1) is 12.2. The number of rotatable bonds is 5. The Morgan fingerprint density at radius 1 is 1.36 bits per heavy atom. The zero-order valence-electron chi connectivity index (χ0n) is 15.2. The lowest BCUT2D eigenvalue weighted by Gasteiger charge is -2.34. The molecule has 1 saturated heterocycles. The Hall–Kier alpha value is -2.25. The van der Waals surface area contributed by atoms with Gasteiger partial charge in [-0.2, -0.15) is 5.10 Å². The SMILES string of the molecule is CC.COC1(C(=O)NCc2ccc(-n3cccn3)nc2)CCNCC1. The van der Waals surface area contributed by atoms with Crippen LogP contribution in [0.25, 0.3) is 5.82 Å². The second kappa shape index (κ2) is 9.29. The van der Waals surface area contributed by atoms with Crippen LogP contribution in [0.15, 0.2) is 36.8 Å². The summed E-state index contributed by atoms with van der Waals surface area (Å²) in [6.45, 7) is 6.02. The number of pyridine rings is 1. The van der Waals surface area contributed by atoms with Gasteiger partial charge < -0.3 is 15.4 Å². The summed E-state index contributed by atoms with van der Waals surface area (Å²) in [6, 6.07) is 5.66. The van der Waals surface area contributed by atoms with E-state index in [1.165, 1.54) is 0 Å². The summed E-state index contributed by atoms with van der Waals surface area (Å²) in [6.07, 6.45) is 6.67. The lowest BCUT2D eigenvalue weighted by atomic mass is 9.91. The highest BCUT2D eigenvalue weighted by atomic mass is 16.5. The second-order valence-electron chi connectivity index (χ2n) is 5.61. The number of piperidine rings is 1. The predicted octanol–water partition coefficient (Wildman–Crippen LogP) is 1.68. The van der Waals surface area contributed by atoms with Gasteiger partial charge in [0.25, 0.3) is 5.91 Å². The molecular formula is C18H27N5O2. The summed E-state index contributed by atoms with van der Waals surface area (Å²) in [5.41, 5.74) is 0.225. The molecule has 1 aliphatic rings. The third-order valence-corrected chi connectivity index (χ3v) is 4.22. The first-order valence-electron chi connectivity index (χ1n) is 8.73. The molecule has 0 radical (unpaired) electrons. The smallest absolute Gasteiger partial charge is 0.252 e. The Labute approximate surface area is 148 Å². The molecule has 0 saturated carbocycles. The summed E-state index contributed by atoms with van der Waals surface area (Å²) >= 11 is 0. The van der Waals surface area contributed by atoms with Crippen molar-refractivity contribution in [1.82, 2.24) is 25.4 Å². The van der Waals surface area contributed by atoms with Gasteiger partial charge in [-0.25, -0.2) is 9.67 Å². The van der Waals surface area contributed by atoms with Crippen molar-refractivity contribution < 1.29 is 9.53 Å². The third kappa shape index (κ3) is 4.64. The Balaban J connectivity index is 0.00000109. The number of hydrogen-bond acceptors (Lipinski definition) is 5. The maximum absolute atomic E-state index is 12.5. The number of amides is 1. The van der Waals surface area contributed by atoms with Gasteiger partial charge in [0.1, 0.15) is 5.60 Å². The molecule has 0 atom stereocenters. The number of nitrogens with one attached hydrogen (secondary N) is 2. The molecule has 0 spiro atoms. The fourth-order valence-electron chi connectivity index (χ4n) is 2.76. The molecule has 2 aromatic heterocycles. The monoisotopic (exact) mass is 345 g/mol. The maximum Gasteiger partial charge on any atom is 0.252 e. The van der Waals surface area contributed by atoms with Gasteiger partial charge in [0.15, 0.2) is 5.82 Å². The summed E-state index contributed by atoms with van der Waals surface area (Å²) in [7, 11) is 1.60. The van der Waals surface area contributed by atoms with Crippen LogP contribution in [0.5, 0.6) is 0 Å². The molecule has 7 heteroatoms. The first kappa shape index (κ1) is 19.1. The minimum Gasteiger partial charge on any atom is -0.368 e. The molecule has 0 aliphatic carbocycles. The minimum atomic E-state index is -0.715. The van der Waals surface area contributed by atoms with Crippen LogP contribution in [-0.2, 0) is 16.1 Å². The fraction of sp³-hybridized carbons (Fsp3) is 0.500. The zero-order valence-corrected chi connectivity index (χ0v) is 15.2. The summed E-state index contributed by atoms with van der Waals surface area (Å²) in [5.74, 6) is 0.689. The Morgan fingerprint density at radius 3 is 2.68 bits per heavy atom. The highest BCUT2D eigenvalue weighted by molar-refractivity contribution is 5.85. The topological polar surface area (TPSA) is 81.1 Å². The number of methoxy groups -OCH3 is 1. The van der Waals surface area contributed by atoms with Gasteiger partial charge in [-0.05, 0) is 43.6 Å². The number of aromatic nitrogens is 3. The molecule has 136 valence electrons. The minimum absolute atomic E-state index is 0.0577. The Kier molecular flexibility index (Phi) is 7.09. The van der Waals surface area contributed by atoms with Crippen molar-refractivity contribution >= 4 is 5.91 Å². The van der Waals surface area contributed by atoms with E-state index >= 15 is 0 Å². The predicted molar refractivity (Wildman–Crippen MR) is 96.4 cm³/mol. The van der Waals surface area contributed by atoms with Gasteiger partial charge in [0.2, 0.25) is 0 Å². The van der Waals surface area contributed by atoms with E-state index in [1.807, 2.05) is 38.2 Å². The van der Waals surface area contributed by atoms with Crippen LogP contribution < -0.4 is 10.6 Å². The van der Waals surface area contributed by atoms with Crippen LogP contribution in [0.2, 0.25) is 0 Å². The number of carbonyl (C=O) groups is 1. The molecule has 2 aromatic rings. The molecule has 0 aromatic carbocycles. The number of ether oxygens (including phenoxy) is 1. The van der Waals surface area contributed by atoms with Crippen molar-refractivity contribution in [3.63, 3.8) is 0 Å². The molecule has 25 heavy (non-hydrogen) atoms. The molecule has 0 bridgehead atoms. The number of carbonyl (C=O) groups excluding carboxylic acids is 1. The van der Waals surface area contributed by atoms with E-state index in [1.54, 1.807) is 24.2 Å². The molecule has 3 heterocycles. The van der Waals surface area contributed by atoms with Gasteiger partial charge in [-0.15, -0.1) is 0 Å². The zero-order chi connectivity index (χ0) is 18.1. The van der Waals surface area contributed by atoms with Crippen molar-refractivity contribution in [2.75, 3.05) is 20.2 Å². The average Bonchev–Trinajstić information content (AvgIpc) is 3.23. The standard InChI is InChI=1S/C16H21N5O2.C2H6/c1-23-16(5-8-17-9-6-16)15(22)19-12-13-3-4-14(18-11-13)21-10-2-7-20-21;1-2/h2-4,7,10-11,17H,5-6,8-9,12H2,1H3,(H,19,22);1-2H3. The third-order valence-electron chi connectivity index (χ3n) is 4.22. The van der Waals surface area contributed by atoms with Gasteiger partial charge >= 0.3 is 0 Å². The maximum atomic E-state index is 12.5. The summed E-state index contributed by atoms with van der Waals surface area (Å²) in [4.78, 5) is 16.8. The second-order valence-corrected chi connectivity index (χ2v) is 5.61. The van der Waals surface area contributed by atoms with Crippen molar-refractivity contribution in [2.24, 2.45) is 0 Å². The Morgan fingerprint density at radius 2 is 2.12 bits per heavy atom. The van der Waals surface area contributed by atoms with Gasteiger partial charge in [-0.1, -0.05) is 19.9 Å². The van der Waals surface area contributed by atoms with E-state index in [0.29, 0.717) is 19.4 Å². The van der Waals surface area contributed by atoms with E-state index < -0.39 is 5.60 Å². The molecular weight excluding hydrogens is 318 g/mol. The van der Waals surface area contributed by atoms with Gasteiger partial charge in [0.05, 0.1) is 0 Å². The molecule has 3 rings (SSSR count). The fourth-order valence-corrected chi connectivity index (χ4v) is 2.76. The van der Waals surface area contributed by atoms with E-state index in [0.717, 1.165) is 24.5 Å².